The third kappa shape index (κ3) is 3.32. The van der Waals surface area contributed by atoms with Crippen molar-refractivity contribution >= 4 is 17.4 Å². The van der Waals surface area contributed by atoms with E-state index in [1.807, 2.05) is 30.3 Å². The van der Waals surface area contributed by atoms with Crippen molar-refractivity contribution in [2.75, 3.05) is 5.32 Å². The molecule has 3 rings (SSSR count). The van der Waals surface area contributed by atoms with Crippen LogP contribution in [0, 0.1) is 0 Å². The second kappa shape index (κ2) is 6.23. The van der Waals surface area contributed by atoms with Crippen molar-refractivity contribution in [3.63, 3.8) is 0 Å². The van der Waals surface area contributed by atoms with Gasteiger partial charge in [-0.25, -0.2) is 0 Å². The number of carbonyl (C=O) groups excluding carboxylic acids is 2. The zero-order valence-electron chi connectivity index (χ0n) is 12.3. The summed E-state index contributed by atoms with van der Waals surface area (Å²) < 4.78 is 5.38. The van der Waals surface area contributed by atoms with Crippen molar-refractivity contribution in [2.45, 2.75) is 6.92 Å². The number of benzene rings is 2. The van der Waals surface area contributed by atoms with Gasteiger partial charge in [0.15, 0.2) is 5.78 Å². The van der Waals surface area contributed by atoms with Gasteiger partial charge in [-0.15, -0.1) is 10.2 Å². The summed E-state index contributed by atoms with van der Waals surface area (Å²) in [4.78, 5) is 23.5. The second-order valence-corrected chi connectivity index (χ2v) is 4.87. The Balaban J connectivity index is 1.78. The Morgan fingerprint density at radius 1 is 1.00 bits per heavy atom. The highest BCUT2D eigenvalue weighted by Crippen LogP contribution is 2.18. The van der Waals surface area contributed by atoms with Crippen molar-refractivity contribution in [3.8, 4) is 11.5 Å². The van der Waals surface area contributed by atoms with Crippen LogP contribution in [0.2, 0.25) is 0 Å². The van der Waals surface area contributed by atoms with E-state index in [4.69, 9.17) is 4.42 Å². The van der Waals surface area contributed by atoms with E-state index >= 15 is 0 Å². The summed E-state index contributed by atoms with van der Waals surface area (Å²) in [6.07, 6.45) is 0. The Kier molecular flexibility index (Phi) is 3.97. The molecule has 3 aromatic rings. The number of rotatable bonds is 4. The molecule has 0 aliphatic rings. The first-order valence-electron chi connectivity index (χ1n) is 6.95. The van der Waals surface area contributed by atoms with Gasteiger partial charge in [0.25, 0.3) is 0 Å². The molecule has 1 aromatic heterocycles. The number of hydrogen-bond acceptors (Lipinski definition) is 5. The summed E-state index contributed by atoms with van der Waals surface area (Å²) in [6, 6.07) is 15.8. The highest BCUT2D eigenvalue weighted by molar-refractivity contribution is 6.02. The Bertz CT molecular complexity index is 856. The SMILES string of the molecule is CC(=O)c1cccc(NC(=O)c2nnc(-c3ccccc3)o2)c1. The molecule has 1 amide bonds. The topological polar surface area (TPSA) is 85.1 Å². The molecule has 0 saturated heterocycles. The van der Waals surface area contributed by atoms with Gasteiger partial charge in [-0.05, 0) is 31.2 Å². The largest absolute Gasteiger partial charge is 0.412 e. The molecule has 0 bridgehead atoms. The first kappa shape index (κ1) is 14.6. The van der Waals surface area contributed by atoms with Gasteiger partial charge in [-0.3, -0.25) is 9.59 Å². The average Bonchev–Trinajstić information content (AvgIpc) is 3.06. The molecule has 0 unspecified atom stereocenters. The zero-order chi connectivity index (χ0) is 16.2. The Hall–Kier alpha value is -3.28. The van der Waals surface area contributed by atoms with Gasteiger partial charge in [0, 0.05) is 16.8 Å². The Morgan fingerprint density at radius 3 is 2.52 bits per heavy atom. The minimum Gasteiger partial charge on any atom is -0.412 e. The van der Waals surface area contributed by atoms with Crippen LogP contribution in [0.4, 0.5) is 5.69 Å². The van der Waals surface area contributed by atoms with Crippen LogP contribution in [0.3, 0.4) is 0 Å². The van der Waals surface area contributed by atoms with Crippen molar-refractivity contribution in [3.05, 3.63) is 66.1 Å². The van der Waals surface area contributed by atoms with Gasteiger partial charge in [0.1, 0.15) is 0 Å². The average molecular weight is 307 g/mol. The van der Waals surface area contributed by atoms with Gasteiger partial charge in [-0.1, -0.05) is 30.3 Å². The van der Waals surface area contributed by atoms with Crippen LogP contribution in [-0.2, 0) is 0 Å². The van der Waals surface area contributed by atoms with Gasteiger partial charge < -0.3 is 9.73 Å². The number of hydrogen-bond donors (Lipinski definition) is 1. The molecule has 2 aromatic carbocycles. The minimum absolute atomic E-state index is 0.0785. The number of Topliss-reactive ketones (excluding diaryl/α,β-unsaturated/α-hetero) is 1. The zero-order valence-corrected chi connectivity index (χ0v) is 12.3. The highest BCUT2D eigenvalue weighted by Gasteiger charge is 2.16. The number of nitrogens with zero attached hydrogens (tertiary/aromatic N) is 2. The number of aromatic nitrogens is 2. The van der Waals surface area contributed by atoms with Gasteiger partial charge in [0.05, 0.1) is 0 Å². The molecule has 6 heteroatoms. The second-order valence-electron chi connectivity index (χ2n) is 4.87. The molecule has 0 radical (unpaired) electrons. The predicted octanol–water partition coefficient (Wildman–Crippen LogP) is 3.19. The maximum absolute atomic E-state index is 12.1. The van der Waals surface area contributed by atoms with E-state index in [0.29, 0.717) is 11.3 Å². The Morgan fingerprint density at radius 2 is 1.78 bits per heavy atom. The quantitative estimate of drug-likeness (QED) is 0.748. The van der Waals surface area contributed by atoms with E-state index in [9.17, 15) is 9.59 Å². The molecule has 6 nitrogen and oxygen atoms in total. The van der Waals surface area contributed by atoms with E-state index in [1.165, 1.54) is 6.92 Å². The lowest BCUT2D eigenvalue weighted by Crippen LogP contribution is -2.12. The molecule has 23 heavy (non-hydrogen) atoms. The minimum atomic E-state index is -0.527. The monoisotopic (exact) mass is 307 g/mol. The van der Waals surface area contributed by atoms with Crippen molar-refractivity contribution in [2.24, 2.45) is 0 Å². The summed E-state index contributed by atoms with van der Waals surface area (Å²) in [6.45, 7) is 1.46. The lowest BCUT2D eigenvalue weighted by Gasteiger charge is -2.03. The van der Waals surface area contributed by atoms with Gasteiger partial charge in [0.2, 0.25) is 5.89 Å². The van der Waals surface area contributed by atoms with Crippen LogP contribution >= 0.6 is 0 Å². The molecule has 1 heterocycles. The molecule has 0 fully saturated rings. The molecule has 0 saturated carbocycles. The molecule has 0 spiro atoms. The Labute approximate surface area is 132 Å². The van der Waals surface area contributed by atoms with Crippen molar-refractivity contribution in [1.82, 2.24) is 10.2 Å². The van der Waals surface area contributed by atoms with Crippen LogP contribution in [0.1, 0.15) is 28.0 Å². The van der Waals surface area contributed by atoms with Crippen LogP contribution in [0.25, 0.3) is 11.5 Å². The summed E-state index contributed by atoms with van der Waals surface area (Å²) in [7, 11) is 0. The first-order chi connectivity index (χ1) is 11.1. The van der Waals surface area contributed by atoms with Crippen LogP contribution in [0.5, 0.6) is 0 Å². The fourth-order valence-electron chi connectivity index (χ4n) is 2.01. The smallest absolute Gasteiger partial charge is 0.313 e. The normalized spacial score (nSPS) is 10.3. The van der Waals surface area contributed by atoms with Crippen LogP contribution in [-0.4, -0.2) is 21.9 Å². The van der Waals surface area contributed by atoms with Crippen molar-refractivity contribution in [1.29, 1.82) is 0 Å². The molecule has 0 aliphatic carbocycles. The molecule has 114 valence electrons. The lowest BCUT2D eigenvalue weighted by molar-refractivity contribution is 0.0987. The summed E-state index contributed by atoms with van der Waals surface area (Å²) >= 11 is 0. The summed E-state index contributed by atoms with van der Waals surface area (Å²) in [5, 5.41) is 10.2. The van der Waals surface area contributed by atoms with Gasteiger partial charge in [-0.2, -0.15) is 0 Å². The molecule has 0 aliphatic heterocycles. The standard InChI is InChI=1S/C17H13N3O3/c1-11(21)13-8-5-9-14(10-13)18-15(22)17-20-19-16(23-17)12-6-3-2-4-7-12/h2-10H,1H3,(H,18,22). The maximum Gasteiger partial charge on any atom is 0.313 e. The fourth-order valence-corrected chi connectivity index (χ4v) is 2.01. The number of amides is 1. The number of nitrogens with one attached hydrogen (secondary N) is 1. The van der Waals surface area contributed by atoms with Crippen molar-refractivity contribution < 1.29 is 14.0 Å². The molecular formula is C17H13N3O3. The van der Waals surface area contributed by atoms with E-state index in [-0.39, 0.29) is 17.6 Å². The number of anilines is 1. The van der Waals surface area contributed by atoms with E-state index in [2.05, 4.69) is 15.5 Å². The summed E-state index contributed by atoms with van der Waals surface area (Å²) in [5.74, 6) is -0.476. The number of ketones is 1. The maximum atomic E-state index is 12.1. The van der Waals surface area contributed by atoms with Crippen LogP contribution < -0.4 is 5.32 Å². The highest BCUT2D eigenvalue weighted by atomic mass is 16.4. The third-order valence-corrected chi connectivity index (χ3v) is 3.17. The summed E-state index contributed by atoms with van der Waals surface area (Å²) in [5.41, 5.74) is 1.73. The molecular weight excluding hydrogens is 294 g/mol. The third-order valence-electron chi connectivity index (χ3n) is 3.17. The number of carbonyl (C=O) groups is 2. The molecule has 0 atom stereocenters. The van der Waals surface area contributed by atoms with E-state index in [1.54, 1.807) is 24.3 Å². The van der Waals surface area contributed by atoms with Gasteiger partial charge >= 0.3 is 11.8 Å². The van der Waals surface area contributed by atoms with E-state index < -0.39 is 5.91 Å². The fraction of sp³-hybridized carbons (Fsp3) is 0.0588. The predicted molar refractivity (Wildman–Crippen MR) is 84.1 cm³/mol. The van der Waals surface area contributed by atoms with E-state index in [0.717, 1.165) is 5.56 Å². The lowest BCUT2D eigenvalue weighted by atomic mass is 10.1. The first-order valence-corrected chi connectivity index (χ1v) is 6.95. The molecule has 1 N–H and O–H groups in total. The van der Waals surface area contributed by atoms with Crippen LogP contribution in [0.15, 0.2) is 59.0 Å².